The van der Waals surface area contributed by atoms with Crippen LogP contribution in [-0.2, 0) is 4.74 Å². The van der Waals surface area contributed by atoms with Crippen LogP contribution >= 0.6 is 11.6 Å². The predicted molar refractivity (Wildman–Crippen MR) is 69.3 cm³/mol. The average molecular weight is 243 g/mol. The SMILES string of the molecule is COCCCNCCNc1ccc(Cl)cc1. The molecule has 1 rings (SSSR count). The normalized spacial score (nSPS) is 10.4. The summed E-state index contributed by atoms with van der Waals surface area (Å²) in [6, 6.07) is 7.73. The molecule has 2 N–H and O–H groups in total. The first-order valence-corrected chi connectivity index (χ1v) is 5.90. The minimum absolute atomic E-state index is 0.767. The number of rotatable bonds is 8. The van der Waals surface area contributed by atoms with Crippen LogP contribution < -0.4 is 10.6 Å². The molecule has 3 nitrogen and oxygen atoms in total. The summed E-state index contributed by atoms with van der Waals surface area (Å²) in [5, 5.41) is 7.41. The summed E-state index contributed by atoms with van der Waals surface area (Å²) in [4.78, 5) is 0. The average Bonchev–Trinajstić information content (AvgIpc) is 2.30. The molecule has 0 radical (unpaired) electrons. The fourth-order valence-corrected chi connectivity index (χ4v) is 1.46. The molecule has 0 aromatic heterocycles. The van der Waals surface area contributed by atoms with Gasteiger partial charge in [0.05, 0.1) is 0 Å². The van der Waals surface area contributed by atoms with Crippen molar-refractivity contribution in [2.24, 2.45) is 0 Å². The highest BCUT2D eigenvalue weighted by Crippen LogP contribution is 2.12. The number of hydrogen-bond donors (Lipinski definition) is 2. The third kappa shape index (κ3) is 5.95. The van der Waals surface area contributed by atoms with E-state index < -0.39 is 0 Å². The van der Waals surface area contributed by atoms with Gasteiger partial charge < -0.3 is 15.4 Å². The van der Waals surface area contributed by atoms with Gasteiger partial charge >= 0.3 is 0 Å². The molecule has 4 heteroatoms. The summed E-state index contributed by atoms with van der Waals surface area (Å²) >= 11 is 5.79. The zero-order valence-electron chi connectivity index (χ0n) is 9.63. The van der Waals surface area contributed by atoms with E-state index in [1.165, 1.54) is 0 Å². The van der Waals surface area contributed by atoms with Crippen molar-refractivity contribution in [1.82, 2.24) is 5.32 Å². The fraction of sp³-hybridized carbons (Fsp3) is 0.500. The van der Waals surface area contributed by atoms with E-state index in [2.05, 4.69) is 10.6 Å². The number of methoxy groups -OCH3 is 1. The molecule has 90 valence electrons. The summed E-state index contributed by atoms with van der Waals surface area (Å²) in [5.74, 6) is 0. The lowest BCUT2D eigenvalue weighted by Gasteiger charge is -2.07. The quantitative estimate of drug-likeness (QED) is 0.687. The van der Waals surface area contributed by atoms with E-state index in [-0.39, 0.29) is 0 Å². The maximum Gasteiger partial charge on any atom is 0.0474 e. The number of benzene rings is 1. The van der Waals surface area contributed by atoms with Crippen molar-refractivity contribution in [3.63, 3.8) is 0 Å². The van der Waals surface area contributed by atoms with Crippen molar-refractivity contribution in [2.45, 2.75) is 6.42 Å². The Kier molecular flexibility index (Phi) is 6.97. The van der Waals surface area contributed by atoms with Crippen LogP contribution in [0.4, 0.5) is 5.69 Å². The summed E-state index contributed by atoms with van der Waals surface area (Å²) in [6.45, 7) is 3.68. The van der Waals surface area contributed by atoms with Crippen LogP contribution in [0.15, 0.2) is 24.3 Å². The Balaban J connectivity index is 2.01. The van der Waals surface area contributed by atoms with Gasteiger partial charge in [0.15, 0.2) is 0 Å². The van der Waals surface area contributed by atoms with Gasteiger partial charge in [-0.1, -0.05) is 11.6 Å². The van der Waals surface area contributed by atoms with Crippen LogP contribution in [0, 0.1) is 0 Å². The monoisotopic (exact) mass is 242 g/mol. The predicted octanol–water partition coefficient (Wildman–Crippen LogP) is 2.38. The molecule has 0 aliphatic carbocycles. The maximum atomic E-state index is 5.79. The third-order valence-electron chi connectivity index (χ3n) is 2.18. The fourth-order valence-electron chi connectivity index (χ4n) is 1.33. The van der Waals surface area contributed by atoms with Crippen LogP contribution in [0.5, 0.6) is 0 Å². The van der Waals surface area contributed by atoms with Crippen molar-refractivity contribution < 1.29 is 4.74 Å². The number of hydrogen-bond acceptors (Lipinski definition) is 3. The zero-order valence-corrected chi connectivity index (χ0v) is 10.4. The van der Waals surface area contributed by atoms with Gasteiger partial charge in [-0.2, -0.15) is 0 Å². The number of ether oxygens (including phenoxy) is 1. The molecule has 0 saturated heterocycles. The Labute approximate surface area is 102 Å². The lowest BCUT2D eigenvalue weighted by molar-refractivity contribution is 0.194. The van der Waals surface area contributed by atoms with Gasteiger partial charge in [0.2, 0.25) is 0 Å². The molecular formula is C12H19ClN2O. The minimum Gasteiger partial charge on any atom is -0.385 e. The highest BCUT2D eigenvalue weighted by Gasteiger charge is 1.91. The van der Waals surface area contributed by atoms with Gasteiger partial charge in [-0.25, -0.2) is 0 Å². The van der Waals surface area contributed by atoms with E-state index in [0.717, 1.165) is 43.4 Å². The summed E-state index contributed by atoms with van der Waals surface area (Å²) in [5.41, 5.74) is 1.10. The van der Waals surface area contributed by atoms with Gasteiger partial charge in [0.25, 0.3) is 0 Å². The van der Waals surface area contributed by atoms with E-state index in [1.807, 2.05) is 24.3 Å². The first kappa shape index (κ1) is 13.3. The van der Waals surface area contributed by atoms with Crippen molar-refractivity contribution in [3.05, 3.63) is 29.3 Å². The second-order valence-corrected chi connectivity index (χ2v) is 3.97. The van der Waals surface area contributed by atoms with Gasteiger partial charge in [-0.15, -0.1) is 0 Å². The van der Waals surface area contributed by atoms with Crippen LogP contribution in [0.1, 0.15) is 6.42 Å². The lowest BCUT2D eigenvalue weighted by atomic mass is 10.3. The molecule has 0 amide bonds. The van der Waals surface area contributed by atoms with Crippen molar-refractivity contribution in [3.8, 4) is 0 Å². The zero-order chi connectivity index (χ0) is 11.6. The molecule has 0 fully saturated rings. The maximum absolute atomic E-state index is 5.79. The topological polar surface area (TPSA) is 33.3 Å². The molecule has 0 bridgehead atoms. The first-order valence-electron chi connectivity index (χ1n) is 5.52. The molecule has 0 aliphatic rings. The Morgan fingerprint density at radius 2 is 1.88 bits per heavy atom. The molecule has 0 aliphatic heterocycles. The number of anilines is 1. The molecule has 0 heterocycles. The van der Waals surface area contributed by atoms with E-state index in [9.17, 15) is 0 Å². The molecule has 1 aromatic rings. The van der Waals surface area contributed by atoms with E-state index in [0.29, 0.717) is 0 Å². The Hall–Kier alpha value is -0.770. The first-order chi connectivity index (χ1) is 7.83. The Morgan fingerprint density at radius 3 is 2.56 bits per heavy atom. The van der Waals surface area contributed by atoms with E-state index in [4.69, 9.17) is 16.3 Å². The number of nitrogens with one attached hydrogen (secondary N) is 2. The molecule has 0 unspecified atom stereocenters. The standard InChI is InChI=1S/C12H19ClN2O/c1-16-10-2-7-14-8-9-15-12-5-3-11(13)4-6-12/h3-6,14-15H,2,7-10H2,1H3. The van der Waals surface area contributed by atoms with Crippen molar-refractivity contribution >= 4 is 17.3 Å². The van der Waals surface area contributed by atoms with Crippen molar-refractivity contribution in [2.75, 3.05) is 38.7 Å². The molecule has 0 atom stereocenters. The lowest BCUT2D eigenvalue weighted by Crippen LogP contribution is -2.23. The Morgan fingerprint density at radius 1 is 1.12 bits per heavy atom. The Bertz CT molecular complexity index is 277. The second-order valence-electron chi connectivity index (χ2n) is 3.53. The minimum atomic E-state index is 0.767. The number of halogens is 1. The molecule has 16 heavy (non-hydrogen) atoms. The van der Waals surface area contributed by atoms with Gasteiger partial charge in [-0.05, 0) is 37.2 Å². The smallest absolute Gasteiger partial charge is 0.0474 e. The highest BCUT2D eigenvalue weighted by molar-refractivity contribution is 6.30. The molecule has 0 spiro atoms. The molecular weight excluding hydrogens is 224 g/mol. The highest BCUT2D eigenvalue weighted by atomic mass is 35.5. The van der Waals surface area contributed by atoms with Gasteiger partial charge in [0, 0.05) is 37.5 Å². The van der Waals surface area contributed by atoms with E-state index in [1.54, 1.807) is 7.11 Å². The van der Waals surface area contributed by atoms with Gasteiger partial charge in [-0.3, -0.25) is 0 Å². The largest absolute Gasteiger partial charge is 0.385 e. The summed E-state index contributed by atoms with van der Waals surface area (Å²) in [6.07, 6.45) is 1.05. The van der Waals surface area contributed by atoms with Gasteiger partial charge in [0.1, 0.15) is 0 Å². The van der Waals surface area contributed by atoms with Crippen LogP contribution in [0.2, 0.25) is 5.02 Å². The van der Waals surface area contributed by atoms with Crippen molar-refractivity contribution in [1.29, 1.82) is 0 Å². The van der Waals surface area contributed by atoms with E-state index >= 15 is 0 Å². The summed E-state index contributed by atoms with van der Waals surface area (Å²) < 4.78 is 4.96. The third-order valence-corrected chi connectivity index (χ3v) is 2.43. The van der Waals surface area contributed by atoms with Crippen LogP contribution in [0.25, 0.3) is 0 Å². The molecule has 1 aromatic carbocycles. The van der Waals surface area contributed by atoms with Crippen LogP contribution in [0.3, 0.4) is 0 Å². The second kappa shape index (κ2) is 8.39. The summed E-state index contributed by atoms with van der Waals surface area (Å²) in [7, 11) is 1.72. The molecule has 0 saturated carbocycles. The van der Waals surface area contributed by atoms with Crippen LogP contribution in [-0.4, -0.2) is 33.4 Å².